The fraction of sp³-hybridized carbons (Fsp3) is 0.364. The van der Waals surface area contributed by atoms with E-state index in [4.69, 9.17) is 4.74 Å². The number of likely N-dealkylation sites (N-methyl/N-ethyl adjacent to an activating group) is 1. The van der Waals surface area contributed by atoms with Crippen molar-refractivity contribution < 1.29 is 22.7 Å². The van der Waals surface area contributed by atoms with Crippen molar-refractivity contribution in [1.82, 2.24) is 10.2 Å². The van der Waals surface area contributed by atoms with Crippen molar-refractivity contribution >= 4 is 43.5 Å². The summed E-state index contributed by atoms with van der Waals surface area (Å²) in [5.74, 6) is -0.547. The number of methoxy groups -OCH3 is 1. The molecule has 0 fully saturated rings. The van der Waals surface area contributed by atoms with E-state index in [2.05, 4.69) is 21.2 Å². The Morgan fingerprint density at radius 2 is 1.88 bits per heavy atom. The second-order valence-corrected chi connectivity index (χ2v) is 10.2. The molecule has 2 amide bonds. The number of ether oxygens (including phenoxy) is 1. The minimum Gasteiger partial charge on any atom is -0.495 e. The number of amides is 2. The Kier molecular flexibility index (Phi) is 8.68. The lowest BCUT2D eigenvalue weighted by Crippen LogP contribution is -2.50. The molecule has 0 bridgehead atoms. The quantitative estimate of drug-likeness (QED) is 0.542. The van der Waals surface area contributed by atoms with Crippen LogP contribution in [0.5, 0.6) is 5.75 Å². The van der Waals surface area contributed by atoms with Crippen LogP contribution < -0.4 is 14.4 Å². The number of rotatable bonds is 9. The second-order valence-electron chi connectivity index (χ2n) is 7.39. The van der Waals surface area contributed by atoms with Crippen LogP contribution in [0.1, 0.15) is 18.1 Å². The summed E-state index contributed by atoms with van der Waals surface area (Å²) >= 11 is 3.40. The molecular formula is C22H28BrN3O5S. The minimum absolute atomic E-state index is 0.134. The van der Waals surface area contributed by atoms with Crippen molar-refractivity contribution in [2.45, 2.75) is 26.4 Å². The van der Waals surface area contributed by atoms with Crippen molar-refractivity contribution in [2.24, 2.45) is 0 Å². The van der Waals surface area contributed by atoms with Gasteiger partial charge in [0.2, 0.25) is 21.8 Å². The van der Waals surface area contributed by atoms with Crippen LogP contribution in [0, 0.1) is 6.92 Å². The number of halogens is 1. The van der Waals surface area contributed by atoms with Crippen molar-refractivity contribution in [1.29, 1.82) is 0 Å². The molecule has 0 saturated carbocycles. The number of hydrogen-bond donors (Lipinski definition) is 1. The molecule has 1 atom stereocenters. The van der Waals surface area contributed by atoms with E-state index in [9.17, 15) is 18.0 Å². The average molecular weight is 526 g/mol. The molecule has 2 aromatic carbocycles. The van der Waals surface area contributed by atoms with Crippen molar-refractivity contribution in [3.63, 3.8) is 0 Å². The zero-order valence-electron chi connectivity index (χ0n) is 18.8. The van der Waals surface area contributed by atoms with E-state index in [1.807, 2.05) is 31.2 Å². The van der Waals surface area contributed by atoms with Crippen molar-refractivity contribution in [3.05, 3.63) is 58.1 Å². The Morgan fingerprint density at radius 1 is 1.19 bits per heavy atom. The summed E-state index contributed by atoms with van der Waals surface area (Å²) < 4.78 is 32.5. The predicted octanol–water partition coefficient (Wildman–Crippen LogP) is 2.70. The monoisotopic (exact) mass is 525 g/mol. The van der Waals surface area contributed by atoms with Gasteiger partial charge >= 0.3 is 0 Å². The first-order valence-corrected chi connectivity index (χ1v) is 12.5. The van der Waals surface area contributed by atoms with Gasteiger partial charge in [-0.05, 0) is 49.2 Å². The minimum atomic E-state index is -3.83. The molecule has 0 aliphatic carbocycles. The highest BCUT2D eigenvalue weighted by atomic mass is 79.9. The highest BCUT2D eigenvalue weighted by Crippen LogP contribution is 2.31. The summed E-state index contributed by atoms with van der Waals surface area (Å²) in [4.78, 5) is 27.1. The Hall–Kier alpha value is -2.59. The van der Waals surface area contributed by atoms with Gasteiger partial charge in [-0.1, -0.05) is 34.1 Å². The summed E-state index contributed by atoms with van der Waals surface area (Å²) in [7, 11) is -0.908. The van der Waals surface area contributed by atoms with Crippen LogP contribution in [0.4, 0.5) is 5.69 Å². The molecule has 2 aromatic rings. The summed E-state index contributed by atoms with van der Waals surface area (Å²) in [6.45, 7) is 3.08. The molecule has 10 heteroatoms. The normalized spacial score (nSPS) is 12.1. The zero-order valence-corrected chi connectivity index (χ0v) is 21.2. The van der Waals surface area contributed by atoms with Gasteiger partial charge in [-0.2, -0.15) is 0 Å². The third-order valence-electron chi connectivity index (χ3n) is 4.94. The molecule has 0 aromatic heterocycles. The molecule has 0 aliphatic rings. The Balaban J connectivity index is 2.46. The van der Waals surface area contributed by atoms with Crippen LogP contribution in [0.15, 0.2) is 46.9 Å². The number of nitrogens with zero attached hydrogens (tertiary/aromatic N) is 2. The van der Waals surface area contributed by atoms with Gasteiger partial charge in [-0.3, -0.25) is 13.9 Å². The number of carbonyl (C=O) groups excluding carboxylic acids is 2. The molecule has 8 nitrogen and oxygen atoms in total. The first-order chi connectivity index (χ1) is 15.0. The van der Waals surface area contributed by atoms with Gasteiger partial charge < -0.3 is 15.0 Å². The molecule has 0 aliphatic heterocycles. The van der Waals surface area contributed by atoms with Crippen LogP contribution in [-0.2, 0) is 26.2 Å². The standard InChI is InChI=1S/C22H28BrN3O5S/c1-15-9-10-20(31-4)19(11-15)26(32(5,29)30)14-21(27)25(16(2)22(28)24-3)13-17-7-6-8-18(23)12-17/h6-12,16H,13-14H2,1-5H3,(H,24,28)/t16-/m1/s1. The maximum Gasteiger partial charge on any atom is 0.244 e. The predicted molar refractivity (Wildman–Crippen MR) is 128 cm³/mol. The third-order valence-corrected chi connectivity index (χ3v) is 6.56. The molecule has 32 heavy (non-hydrogen) atoms. The summed E-state index contributed by atoms with van der Waals surface area (Å²) in [5, 5.41) is 2.54. The smallest absolute Gasteiger partial charge is 0.244 e. The molecule has 0 saturated heterocycles. The fourth-order valence-electron chi connectivity index (χ4n) is 3.21. The van der Waals surface area contributed by atoms with Crippen molar-refractivity contribution in [3.8, 4) is 5.75 Å². The number of benzene rings is 2. The van der Waals surface area contributed by atoms with E-state index < -0.39 is 28.5 Å². The second kappa shape index (κ2) is 10.8. The Morgan fingerprint density at radius 3 is 2.44 bits per heavy atom. The third kappa shape index (κ3) is 6.46. The van der Waals surface area contributed by atoms with E-state index in [-0.39, 0.29) is 18.1 Å². The number of nitrogens with one attached hydrogen (secondary N) is 1. The molecule has 0 spiro atoms. The van der Waals surface area contributed by atoms with Gasteiger partial charge in [-0.25, -0.2) is 8.42 Å². The number of carbonyl (C=O) groups is 2. The molecule has 2 rings (SSSR count). The first-order valence-electron chi connectivity index (χ1n) is 9.85. The highest BCUT2D eigenvalue weighted by Gasteiger charge is 2.30. The maximum atomic E-state index is 13.4. The first kappa shape index (κ1) is 25.7. The van der Waals surface area contributed by atoms with E-state index >= 15 is 0 Å². The van der Waals surface area contributed by atoms with Gasteiger partial charge in [0.1, 0.15) is 18.3 Å². The number of sulfonamides is 1. The number of anilines is 1. The molecule has 0 radical (unpaired) electrons. The van der Waals surface area contributed by atoms with Crippen LogP contribution in [-0.4, -0.2) is 58.1 Å². The topological polar surface area (TPSA) is 96.0 Å². The Bertz CT molecular complexity index is 1090. The summed E-state index contributed by atoms with van der Waals surface area (Å²) in [5.41, 5.74) is 1.87. The Labute approximate surface area is 197 Å². The van der Waals surface area contributed by atoms with Crippen LogP contribution in [0.2, 0.25) is 0 Å². The van der Waals surface area contributed by atoms with Gasteiger partial charge in [0.15, 0.2) is 0 Å². The van der Waals surface area contributed by atoms with E-state index in [0.29, 0.717) is 5.75 Å². The highest BCUT2D eigenvalue weighted by molar-refractivity contribution is 9.10. The largest absolute Gasteiger partial charge is 0.495 e. The molecule has 1 N–H and O–H groups in total. The van der Waals surface area contributed by atoms with E-state index in [1.165, 1.54) is 19.1 Å². The lowest BCUT2D eigenvalue weighted by molar-refractivity contribution is -0.139. The zero-order chi connectivity index (χ0) is 24.1. The lowest BCUT2D eigenvalue weighted by atomic mass is 10.1. The molecule has 0 unspecified atom stereocenters. The van der Waals surface area contributed by atoms with Crippen LogP contribution in [0.25, 0.3) is 0 Å². The van der Waals surface area contributed by atoms with Gasteiger partial charge in [-0.15, -0.1) is 0 Å². The molecule has 0 heterocycles. The van der Waals surface area contributed by atoms with Crippen molar-refractivity contribution in [2.75, 3.05) is 31.3 Å². The summed E-state index contributed by atoms with van der Waals surface area (Å²) in [6.07, 6.45) is 1.03. The van der Waals surface area contributed by atoms with E-state index in [0.717, 1.165) is 26.2 Å². The SMILES string of the molecule is CNC(=O)[C@@H](C)N(Cc1cccc(Br)c1)C(=O)CN(c1cc(C)ccc1OC)S(C)(=O)=O. The van der Waals surface area contributed by atoms with Gasteiger partial charge in [0.05, 0.1) is 19.1 Å². The lowest BCUT2D eigenvalue weighted by Gasteiger charge is -2.31. The van der Waals surface area contributed by atoms with Crippen LogP contribution >= 0.6 is 15.9 Å². The van der Waals surface area contributed by atoms with Crippen LogP contribution in [0.3, 0.4) is 0 Å². The average Bonchev–Trinajstić information content (AvgIpc) is 2.73. The van der Waals surface area contributed by atoms with Gasteiger partial charge in [0.25, 0.3) is 0 Å². The maximum absolute atomic E-state index is 13.4. The summed E-state index contributed by atoms with van der Waals surface area (Å²) in [6, 6.07) is 11.6. The molecule has 174 valence electrons. The number of hydrogen-bond acceptors (Lipinski definition) is 5. The van der Waals surface area contributed by atoms with Gasteiger partial charge in [0, 0.05) is 18.1 Å². The molecular weight excluding hydrogens is 498 g/mol. The number of aryl methyl sites for hydroxylation is 1. The fourth-order valence-corrected chi connectivity index (χ4v) is 4.50. The van der Waals surface area contributed by atoms with E-state index in [1.54, 1.807) is 25.1 Å².